The highest BCUT2D eigenvalue weighted by atomic mass is 16.5. The van der Waals surface area contributed by atoms with E-state index in [-0.39, 0.29) is 12.0 Å². The van der Waals surface area contributed by atoms with Gasteiger partial charge in [-0.3, -0.25) is 4.79 Å². The zero-order chi connectivity index (χ0) is 17.8. The maximum absolute atomic E-state index is 12.8. The van der Waals surface area contributed by atoms with Gasteiger partial charge in [0.05, 0.1) is 6.10 Å². The SMILES string of the molecule is O=C(c1ccncn1)N1CC[C@H](OCC2CC2)[C@H](Cc2ccccc2)C1. The number of carbonyl (C=O) groups is 1. The number of hydrogen-bond donors (Lipinski definition) is 0. The van der Waals surface area contributed by atoms with E-state index in [0.29, 0.717) is 18.2 Å². The van der Waals surface area contributed by atoms with E-state index in [4.69, 9.17) is 4.74 Å². The summed E-state index contributed by atoms with van der Waals surface area (Å²) in [6.07, 6.45) is 7.70. The number of likely N-dealkylation sites (tertiary alicyclic amines) is 1. The summed E-state index contributed by atoms with van der Waals surface area (Å²) in [6, 6.07) is 12.2. The second kappa shape index (κ2) is 7.96. The van der Waals surface area contributed by atoms with Crippen LogP contribution in [-0.4, -0.2) is 46.6 Å². The van der Waals surface area contributed by atoms with E-state index in [1.165, 1.54) is 24.7 Å². The van der Waals surface area contributed by atoms with Crippen LogP contribution in [0.3, 0.4) is 0 Å². The third-order valence-corrected chi connectivity index (χ3v) is 5.34. The zero-order valence-electron chi connectivity index (χ0n) is 15.0. The van der Waals surface area contributed by atoms with Crippen molar-refractivity contribution in [3.63, 3.8) is 0 Å². The summed E-state index contributed by atoms with van der Waals surface area (Å²) in [6.45, 7) is 2.31. The lowest BCUT2D eigenvalue weighted by Crippen LogP contribution is -2.48. The lowest BCUT2D eigenvalue weighted by molar-refractivity contribution is -0.0327. The largest absolute Gasteiger partial charge is 0.377 e. The van der Waals surface area contributed by atoms with Gasteiger partial charge in [-0.1, -0.05) is 30.3 Å². The molecule has 136 valence electrons. The van der Waals surface area contributed by atoms with Crippen LogP contribution in [0.15, 0.2) is 48.9 Å². The number of rotatable bonds is 6. The summed E-state index contributed by atoms with van der Waals surface area (Å²) < 4.78 is 6.26. The van der Waals surface area contributed by atoms with Crippen molar-refractivity contribution >= 4 is 5.91 Å². The van der Waals surface area contributed by atoms with Crippen molar-refractivity contribution in [3.05, 3.63) is 60.2 Å². The molecule has 1 aliphatic heterocycles. The van der Waals surface area contributed by atoms with Gasteiger partial charge in [0.1, 0.15) is 12.0 Å². The van der Waals surface area contributed by atoms with Crippen molar-refractivity contribution in [1.29, 1.82) is 0 Å². The van der Waals surface area contributed by atoms with Crippen molar-refractivity contribution < 1.29 is 9.53 Å². The molecule has 2 aliphatic rings. The quantitative estimate of drug-likeness (QED) is 0.803. The van der Waals surface area contributed by atoms with E-state index in [2.05, 4.69) is 34.2 Å². The standard InChI is InChI=1S/C21H25N3O2/c25-21(19-8-10-22-15-23-19)24-11-9-20(26-14-17-6-7-17)18(13-24)12-16-4-2-1-3-5-16/h1-5,8,10,15,17-18,20H,6-7,9,11-14H2/t18-,20+/m1/s1. The van der Waals surface area contributed by atoms with Gasteiger partial charge in [0.2, 0.25) is 0 Å². The summed E-state index contributed by atoms with van der Waals surface area (Å²) in [4.78, 5) is 22.7. The van der Waals surface area contributed by atoms with E-state index >= 15 is 0 Å². The lowest BCUT2D eigenvalue weighted by atomic mass is 9.88. The molecule has 2 aromatic rings. The molecule has 1 saturated heterocycles. The maximum Gasteiger partial charge on any atom is 0.272 e. The maximum atomic E-state index is 12.8. The van der Waals surface area contributed by atoms with Crippen LogP contribution in [0, 0.1) is 11.8 Å². The van der Waals surface area contributed by atoms with Crippen molar-refractivity contribution in [2.45, 2.75) is 31.8 Å². The minimum Gasteiger partial charge on any atom is -0.377 e. The Bertz CT molecular complexity index is 719. The molecule has 1 saturated carbocycles. The van der Waals surface area contributed by atoms with Crippen LogP contribution in [0.5, 0.6) is 0 Å². The van der Waals surface area contributed by atoms with Crippen molar-refractivity contribution in [1.82, 2.24) is 14.9 Å². The first-order valence-corrected chi connectivity index (χ1v) is 9.50. The van der Waals surface area contributed by atoms with Gasteiger partial charge in [-0.25, -0.2) is 9.97 Å². The topological polar surface area (TPSA) is 55.3 Å². The van der Waals surface area contributed by atoms with Crippen LogP contribution in [0.25, 0.3) is 0 Å². The fourth-order valence-electron chi connectivity index (χ4n) is 3.65. The van der Waals surface area contributed by atoms with Gasteiger partial charge < -0.3 is 9.64 Å². The van der Waals surface area contributed by atoms with E-state index in [9.17, 15) is 4.79 Å². The highest BCUT2D eigenvalue weighted by Gasteiger charge is 2.34. The molecule has 2 atom stereocenters. The molecule has 1 aromatic carbocycles. The average Bonchev–Trinajstić information content (AvgIpc) is 3.52. The van der Waals surface area contributed by atoms with Crippen LogP contribution in [0.4, 0.5) is 0 Å². The first-order chi connectivity index (χ1) is 12.8. The average molecular weight is 351 g/mol. The van der Waals surface area contributed by atoms with Crippen molar-refractivity contribution in [2.75, 3.05) is 19.7 Å². The first kappa shape index (κ1) is 17.2. The number of carbonyl (C=O) groups excluding carboxylic acids is 1. The Morgan fingerprint density at radius 3 is 2.73 bits per heavy atom. The summed E-state index contributed by atoms with van der Waals surface area (Å²) in [5.41, 5.74) is 1.77. The second-order valence-corrected chi connectivity index (χ2v) is 7.40. The molecule has 5 nitrogen and oxygen atoms in total. The first-order valence-electron chi connectivity index (χ1n) is 9.50. The summed E-state index contributed by atoms with van der Waals surface area (Å²) >= 11 is 0. The Balaban J connectivity index is 1.45. The van der Waals surface area contributed by atoms with Crippen molar-refractivity contribution in [3.8, 4) is 0 Å². The Morgan fingerprint density at radius 2 is 2.00 bits per heavy atom. The lowest BCUT2D eigenvalue weighted by Gasteiger charge is -2.38. The number of piperidine rings is 1. The van der Waals surface area contributed by atoms with E-state index < -0.39 is 0 Å². The molecule has 0 N–H and O–H groups in total. The predicted molar refractivity (Wildman–Crippen MR) is 98.7 cm³/mol. The van der Waals surface area contributed by atoms with E-state index in [0.717, 1.165) is 31.9 Å². The molecule has 0 radical (unpaired) electrons. The highest BCUT2D eigenvalue weighted by molar-refractivity contribution is 5.92. The summed E-state index contributed by atoms with van der Waals surface area (Å²) in [7, 11) is 0. The molecule has 26 heavy (non-hydrogen) atoms. The number of nitrogens with zero attached hydrogens (tertiary/aromatic N) is 3. The molecule has 0 bridgehead atoms. The number of aromatic nitrogens is 2. The molecule has 5 heteroatoms. The van der Waals surface area contributed by atoms with E-state index in [1.807, 2.05) is 11.0 Å². The minimum atomic E-state index is -0.00824. The van der Waals surface area contributed by atoms with Gasteiger partial charge in [-0.05, 0) is 43.2 Å². The number of ether oxygens (including phenoxy) is 1. The molecule has 1 aliphatic carbocycles. The number of hydrogen-bond acceptors (Lipinski definition) is 4. The van der Waals surface area contributed by atoms with Gasteiger partial charge in [-0.2, -0.15) is 0 Å². The molecular formula is C21H25N3O2. The molecule has 2 heterocycles. The highest BCUT2D eigenvalue weighted by Crippen LogP contribution is 2.32. The van der Waals surface area contributed by atoms with Gasteiger partial charge >= 0.3 is 0 Å². The zero-order valence-corrected chi connectivity index (χ0v) is 15.0. The Morgan fingerprint density at radius 1 is 1.15 bits per heavy atom. The third kappa shape index (κ3) is 4.28. The third-order valence-electron chi connectivity index (χ3n) is 5.34. The van der Waals surface area contributed by atoms with Crippen LogP contribution in [-0.2, 0) is 11.2 Å². The van der Waals surface area contributed by atoms with Crippen LogP contribution < -0.4 is 0 Å². The van der Waals surface area contributed by atoms with Gasteiger partial charge in [0.15, 0.2) is 0 Å². The molecule has 0 spiro atoms. The summed E-state index contributed by atoms with van der Waals surface area (Å²) in [5, 5.41) is 0. The second-order valence-electron chi connectivity index (χ2n) is 7.40. The Hall–Kier alpha value is -2.27. The Labute approximate surface area is 154 Å². The predicted octanol–water partition coefficient (Wildman–Crippen LogP) is 2.98. The molecule has 0 unspecified atom stereocenters. The van der Waals surface area contributed by atoms with E-state index in [1.54, 1.807) is 12.3 Å². The van der Waals surface area contributed by atoms with Gasteiger partial charge in [0.25, 0.3) is 5.91 Å². The number of amides is 1. The number of benzene rings is 1. The summed E-state index contributed by atoms with van der Waals surface area (Å²) in [5.74, 6) is 1.06. The van der Waals surface area contributed by atoms with Crippen LogP contribution in [0.1, 0.15) is 35.3 Å². The molecule has 1 amide bonds. The normalized spacial score (nSPS) is 23.0. The minimum absolute atomic E-state index is 0.00824. The fourth-order valence-corrected chi connectivity index (χ4v) is 3.65. The van der Waals surface area contributed by atoms with Gasteiger partial charge in [0, 0.05) is 31.8 Å². The molecule has 1 aromatic heterocycles. The fraction of sp³-hybridized carbons (Fsp3) is 0.476. The Kier molecular flexibility index (Phi) is 5.25. The molecule has 2 fully saturated rings. The monoisotopic (exact) mass is 351 g/mol. The molecule has 4 rings (SSSR count). The smallest absolute Gasteiger partial charge is 0.272 e. The van der Waals surface area contributed by atoms with Gasteiger partial charge in [-0.15, -0.1) is 0 Å². The molecular weight excluding hydrogens is 326 g/mol. The van der Waals surface area contributed by atoms with Crippen LogP contribution in [0.2, 0.25) is 0 Å². The van der Waals surface area contributed by atoms with Crippen LogP contribution >= 0.6 is 0 Å². The van der Waals surface area contributed by atoms with Crippen molar-refractivity contribution in [2.24, 2.45) is 11.8 Å².